The minimum atomic E-state index is 0.0452. The predicted octanol–water partition coefficient (Wildman–Crippen LogP) is 4.91. The molecule has 0 aliphatic carbocycles. The van der Waals surface area contributed by atoms with Crippen molar-refractivity contribution in [1.29, 1.82) is 0 Å². The maximum absolute atomic E-state index is 6.11. The summed E-state index contributed by atoms with van der Waals surface area (Å²) >= 11 is 13.8. The Kier molecular flexibility index (Phi) is 3.94. The van der Waals surface area contributed by atoms with Crippen LogP contribution in [0.3, 0.4) is 0 Å². The summed E-state index contributed by atoms with van der Waals surface area (Å²) in [6.07, 6.45) is 1.90. The van der Waals surface area contributed by atoms with Crippen LogP contribution in [0.1, 0.15) is 17.2 Å². The van der Waals surface area contributed by atoms with Gasteiger partial charge in [0.15, 0.2) is 0 Å². The van der Waals surface area contributed by atoms with Crippen LogP contribution in [0, 0.1) is 0 Å². The molecule has 102 valence electrons. The largest absolute Gasteiger partial charge is 0.309 e. The number of fused-ring (bicyclic) bond motifs is 1. The molecule has 20 heavy (non-hydrogen) atoms. The van der Waals surface area contributed by atoms with Crippen molar-refractivity contribution in [3.63, 3.8) is 0 Å². The zero-order valence-electron chi connectivity index (χ0n) is 10.7. The molecule has 0 saturated carbocycles. The summed E-state index contributed by atoms with van der Waals surface area (Å²) in [5.74, 6) is 0. The number of halogens is 2. The molecule has 3 aromatic rings. The van der Waals surface area contributed by atoms with E-state index >= 15 is 0 Å². The minimum Gasteiger partial charge on any atom is -0.309 e. The van der Waals surface area contributed by atoms with Crippen LogP contribution in [-0.2, 0) is 0 Å². The number of pyridine rings is 1. The quantitative estimate of drug-likeness (QED) is 0.740. The minimum absolute atomic E-state index is 0.0452. The van der Waals surface area contributed by atoms with Gasteiger partial charge >= 0.3 is 0 Å². The predicted molar refractivity (Wildman–Crippen MR) is 87.0 cm³/mol. The van der Waals surface area contributed by atoms with Crippen molar-refractivity contribution in [3.05, 3.63) is 63.1 Å². The normalized spacial score (nSPS) is 12.8. The smallest absolute Gasteiger partial charge is 0.0809 e. The van der Waals surface area contributed by atoms with E-state index < -0.39 is 0 Å². The molecule has 0 aliphatic heterocycles. The fourth-order valence-corrected chi connectivity index (χ4v) is 3.33. The lowest BCUT2D eigenvalue weighted by atomic mass is 10.0. The summed E-state index contributed by atoms with van der Waals surface area (Å²) in [4.78, 5) is 4.49. The van der Waals surface area contributed by atoms with Gasteiger partial charge in [-0.1, -0.05) is 29.3 Å². The molecule has 5 heteroatoms. The highest BCUT2D eigenvalue weighted by atomic mass is 35.5. The van der Waals surface area contributed by atoms with Gasteiger partial charge in [-0.15, -0.1) is 11.3 Å². The molecule has 1 unspecified atom stereocenters. The Balaban J connectivity index is 2.05. The lowest BCUT2D eigenvalue weighted by molar-refractivity contribution is 0.690. The average molecular weight is 323 g/mol. The highest BCUT2D eigenvalue weighted by molar-refractivity contribution is 7.17. The van der Waals surface area contributed by atoms with E-state index in [4.69, 9.17) is 23.2 Å². The summed E-state index contributed by atoms with van der Waals surface area (Å²) in [6.45, 7) is 0. The third-order valence-corrected chi connectivity index (χ3v) is 4.81. The second-order valence-corrected chi connectivity index (χ2v) is 6.23. The van der Waals surface area contributed by atoms with Crippen molar-refractivity contribution in [2.75, 3.05) is 7.05 Å². The molecular weight excluding hydrogens is 311 g/mol. The van der Waals surface area contributed by atoms with Gasteiger partial charge in [0.25, 0.3) is 0 Å². The van der Waals surface area contributed by atoms with E-state index in [1.807, 2.05) is 37.5 Å². The summed E-state index contributed by atoms with van der Waals surface area (Å²) in [5.41, 5.74) is 3.21. The SMILES string of the molecule is CNC(c1ccc(Cl)c(Cl)c1)c1cnc2ccsc2c1. The van der Waals surface area contributed by atoms with Gasteiger partial charge in [0, 0.05) is 6.20 Å². The van der Waals surface area contributed by atoms with E-state index in [0.717, 1.165) is 16.6 Å². The Morgan fingerprint density at radius 3 is 2.70 bits per heavy atom. The Labute approximate surface area is 131 Å². The van der Waals surface area contributed by atoms with Crippen LogP contribution in [0.2, 0.25) is 10.0 Å². The standard InChI is InChI=1S/C15H12Cl2N2S/c1-18-15(9-2-3-11(16)12(17)6-9)10-7-14-13(19-8-10)4-5-20-14/h2-8,15,18H,1H3. The van der Waals surface area contributed by atoms with Gasteiger partial charge in [-0.3, -0.25) is 4.98 Å². The molecule has 0 radical (unpaired) electrons. The second-order valence-electron chi connectivity index (χ2n) is 4.47. The molecule has 3 rings (SSSR count). The van der Waals surface area contributed by atoms with Crippen LogP contribution in [0.25, 0.3) is 10.2 Å². The number of aromatic nitrogens is 1. The highest BCUT2D eigenvalue weighted by Gasteiger charge is 2.14. The van der Waals surface area contributed by atoms with Gasteiger partial charge in [-0.25, -0.2) is 0 Å². The molecule has 2 nitrogen and oxygen atoms in total. The Morgan fingerprint density at radius 2 is 1.95 bits per heavy atom. The van der Waals surface area contributed by atoms with E-state index in [0.29, 0.717) is 10.0 Å². The first-order valence-corrected chi connectivity index (χ1v) is 7.78. The van der Waals surface area contributed by atoms with E-state index in [2.05, 4.69) is 21.7 Å². The number of thiophene rings is 1. The monoisotopic (exact) mass is 322 g/mol. The van der Waals surface area contributed by atoms with Crippen LogP contribution in [0.15, 0.2) is 41.9 Å². The van der Waals surface area contributed by atoms with Crippen LogP contribution in [0.4, 0.5) is 0 Å². The molecule has 1 atom stereocenters. The number of nitrogens with one attached hydrogen (secondary N) is 1. The molecule has 1 aromatic carbocycles. The van der Waals surface area contributed by atoms with Gasteiger partial charge < -0.3 is 5.32 Å². The van der Waals surface area contributed by atoms with Crippen molar-refractivity contribution in [3.8, 4) is 0 Å². The molecule has 0 fully saturated rings. The Bertz CT molecular complexity index is 754. The van der Waals surface area contributed by atoms with Crippen molar-refractivity contribution in [2.45, 2.75) is 6.04 Å². The summed E-state index contributed by atoms with van der Waals surface area (Å²) in [7, 11) is 1.92. The van der Waals surface area contributed by atoms with Gasteiger partial charge in [-0.05, 0) is 47.8 Å². The lowest BCUT2D eigenvalue weighted by Gasteiger charge is -2.17. The van der Waals surface area contributed by atoms with Gasteiger partial charge in [0.2, 0.25) is 0 Å². The second kappa shape index (κ2) is 5.70. The molecule has 0 amide bonds. The number of rotatable bonds is 3. The number of nitrogens with zero attached hydrogens (tertiary/aromatic N) is 1. The first-order chi connectivity index (χ1) is 9.69. The number of hydrogen-bond acceptors (Lipinski definition) is 3. The maximum Gasteiger partial charge on any atom is 0.0809 e. The molecule has 0 saturated heterocycles. The van der Waals surface area contributed by atoms with E-state index in [-0.39, 0.29) is 6.04 Å². The van der Waals surface area contributed by atoms with E-state index in [1.54, 1.807) is 11.3 Å². The van der Waals surface area contributed by atoms with Crippen molar-refractivity contribution in [2.24, 2.45) is 0 Å². The fraction of sp³-hybridized carbons (Fsp3) is 0.133. The van der Waals surface area contributed by atoms with Gasteiger partial charge in [0.1, 0.15) is 0 Å². The third-order valence-electron chi connectivity index (χ3n) is 3.22. The zero-order chi connectivity index (χ0) is 14.1. The first kappa shape index (κ1) is 13.8. The highest BCUT2D eigenvalue weighted by Crippen LogP contribution is 2.30. The Morgan fingerprint density at radius 1 is 1.10 bits per heavy atom. The molecule has 0 aliphatic rings. The van der Waals surface area contributed by atoms with E-state index in [9.17, 15) is 0 Å². The molecule has 0 spiro atoms. The van der Waals surface area contributed by atoms with Gasteiger partial charge in [-0.2, -0.15) is 0 Å². The van der Waals surface area contributed by atoms with Crippen molar-refractivity contribution >= 4 is 44.8 Å². The summed E-state index contributed by atoms with van der Waals surface area (Å²) in [5, 5.41) is 6.48. The lowest BCUT2D eigenvalue weighted by Crippen LogP contribution is -2.17. The Hall–Kier alpha value is -1.13. The number of hydrogen-bond donors (Lipinski definition) is 1. The topological polar surface area (TPSA) is 24.9 Å². The van der Waals surface area contributed by atoms with Gasteiger partial charge in [0.05, 0.1) is 26.3 Å². The molecule has 2 heterocycles. The zero-order valence-corrected chi connectivity index (χ0v) is 13.1. The van der Waals surface area contributed by atoms with Crippen molar-refractivity contribution < 1.29 is 0 Å². The molecule has 1 N–H and O–H groups in total. The van der Waals surface area contributed by atoms with Crippen LogP contribution in [-0.4, -0.2) is 12.0 Å². The summed E-state index contributed by atoms with van der Waals surface area (Å²) < 4.78 is 1.18. The first-order valence-electron chi connectivity index (χ1n) is 6.14. The summed E-state index contributed by atoms with van der Waals surface area (Å²) in [6, 6.07) is 9.93. The molecule has 0 bridgehead atoms. The average Bonchev–Trinajstić information content (AvgIpc) is 2.91. The fourth-order valence-electron chi connectivity index (χ4n) is 2.24. The van der Waals surface area contributed by atoms with Crippen LogP contribution in [0.5, 0.6) is 0 Å². The molecular formula is C15H12Cl2N2S. The number of benzene rings is 1. The molecule has 2 aromatic heterocycles. The maximum atomic E-state index is 6.11. The van der Waals surface area contributed by atoms with Crippen LogP contribution < -0.4 is 5.32 Å². The van der Waals surface area contributed by atoms with Crippen molar-refractivity contribution in [1.82, 2.24) is 10.3 Å². The van der Waals surface area contributed by atoms with Crippen LogP contribution >= 0.6 is 34.5 Å². The third kappa shape index (κ3) is 2.54. The van der Waals surface area contributed by atoms with E-state index in [1.165, 1.54) is 4.70 Å².